The van der Waals surface area contributed by atoms with Gasteiger partial charge < -0.3 is 0 Å². The number of nitro benzene ring substituents is 1. The van der Waals surface area contributed by atoms with Crippen molar-refractivity contribution in [1.29, 1.82) is 0 Å². The summed E-state index contributed by atoms with van der Waals surface area (Å²) < 4.78 is 1.89. The zero-order valence-electron chi connectivity index (χ0n) is 11.5. The molecule has 0 aliphatic heterocycles. The van der Waals surface area contributed by atoms with Crippen LogP contribution in [-0.4, -0.2) is 14.5 Å². The van der Waals surface area contributed by atoms with Crippen LogP contribution in [0.4, 0.5) is 5.69 Å². The minimum atomic E-state index is -0.402. The molecule has 4 rings (SSSR count). The number of nitrogens with zero attached hydrogens (tertiary/aromatic N) is 3. The van der Waals surface area contributed by atoms with Crippen molar-refractivity contribution in [3.8, 4) is 11.3 Å². The third kappa shape index (κ3) is 1.91. The van der Waals surface area contributed by atoms with E-state index in [1.54, 1.807) is 12.1 Å². The van der Waals surface area contributed by atoms with Crippen LogP contribution in [0.1, 0.15) is 0 Å². The number of fused-ring (bicyclic) bond motifs is 3. The van der Waals surface area contributed by atoms with Gasteiger partial charge >= 0.3 is 0 Å². The van der Waals surface area contributed by atoms with E-state index < -0.39 is 4.92 Å². The molecule has 0 saturated heterocycles. The third-order valence-electron chi connectivity index (χ3n) is 3.71. The van der Waals surface area contributed by atoms with E-state index in [1.165, 1.54) is 12.1 Å². The van der Waals surface area contributed by atoms with E-state index in [4.69, 9.17) is 0 Å². The SMILES string of the molecule is O=[N+]([O-])c1ccc(-c2cc3ccc4ccccc4n3n2)cc1. The topological polar surface area (TPSA) is 60.4 Å². The lowest BCUT2D eigenvalue weighted by molar-refractivity contribution is -0.384. The minimum Gasteiger partial charge on any atom is -0.258 e. The average molecular weight is 289 g/mol. The fraction of sp³-hybridized carbons (Fsp3) is 0. The maximum atomic E-state index is 10.7. The monoisotopic (exact) mass is 289 g/mol. The molecular formula is C17H11N3O2. The molecule has 22 heavy (non-hydrogen) atoms. The summed E-state index contributed by atoms with van der Waals surface area (Å²) in [5, 5.41) is 16.5. The van der Waals surface area contributed by atoms with Crippen LogP contribution >= 0.6 is 0 Å². The van der Waals surface area contributed by atoms with Gasteiger partial charge in [0.25, 0.3) is 5.69 Å². The van der Waals surface area contributed by atoms with E-state index in [0.29, 0.717) is 0 Å². The second kappa shape index (κ2) is 4.66. The Balaban J connectivity index is 1.88. The van der Waals surface area contributed by atoms with Crippen molar-refractivity contribution in [2.24, 2.45) is 0 Å². The summed E-state index contributed by atoms with van der Waals surface area (Å²) in [6, 6.07) is 20.5. The summed E-state index contributed by atoms with van der Waals surface area (Å²) in [6.45, 7) is 0. The van der Waals surface area contributed by atoms with Gasteiger partial charge in [-0.1, -0.05) is 24.3 Å². The number of hydrogen-bond donors (Lipinski definition) is 0. The van der Waals surface area contributed by atoms with E-state index in [1.807, 2.05) is 40.9 Å². The Morgan fingerprint density at radius 3 is 2.50 bits per heavy atom. The number of para-hydroxylation sites is 1. The molecule has 0 unspecified atom stereocenters. The molecule has 0 saturated carbocycles. The van der Waals surface area contributed by atoms with Gasteiger partial charge in [0.2, 0.25) is 0 Å². The van der Waals surface area contributed by atoms with Gasteiger partial charge in [-0.25, -0.2) is 4.52 Å². The molecule has 5 nitrogen and oxygen atoms in total. The molecule has 0 fully saturated rings. The molecule has 2 aromatic carbocycles. The number of non-ortho nitro benzene ring substituents is 1. The van der Waals surface area contributed by atoms with Crippen molar-refractivity contribution in [3.05, 3.63) is 76.8 Å². The molecule has 5 heteroatoms. The maximum Gasteiger partial charge on any atom is 0.269 e. The molecule has 0 radical (unpaired) electrons. The van der Waals surface area contributed by atoms with Crippen LogP contribution in [0, 0.1) is 10.1 Å². The zero-order chi connectivity index (χ0) is 15.1. The highest BCUT2D eigenvalue weighted by Gasteiger charge is 2.09. The van der Waals surface area contributed by atoms with Gasteiger partial charge in [0, 0.05) is 23.1 Å². The Hall–Kier alpha value is -3.21. The standard InChI is InChI=1S/C17H11N3O2/c21-20(22)14-8-5-12(6-9-14)16-11-15-10-7-13-3-1-2-4-17(13)19(15)18-16/h1-11H. The molecule has 2 aromatic heterocycles. The molecule has 0 atom stereocenters. The summed E-state index contributed by atoms with van der Waals surface area (Å²) in [5.41, 5.74) is 3.77. The van der Waals surface area contributed by atoms with Crippen molar-refractivity contribution in [1.82, 2.24) is 9.61 Å². The normalized spacial score (nSPS) is 11.1. The second-order valence-electron chi connectivity index (χ2n) is 5.06. The second-order valence-corrected chi connectivity index (χ2v) is 5.06. The predicted molar refractivity (Wildman–Crippen MR) is 84.8 cm³/mol. The fourth-order valence-electron chi connectivity index (χ4n) is 2.60. The quantitative estimate of drug-likeness (QED) is 0.413. The highest BCUT2D eigenvalue weighted by Crippen LogP contribution is 2.24. The number of aromatic nitrogens is 2. The number of pyridine rings is 1. The average Bonchev–Trinajstić information content (AvgIpc) is 2.99. The molecule has 0 N–H and O–H groups in total. The molecule has 106 valence electrons. The first-order chi connectivity index (χ1) is 10.7. The van der Waals surface area contributed by atoms with Gasteiger partial charge in [0.1, 0.15) is 0 Å². The van der Waals surface area contributed by atoms with Crippen LogP contribution in [0.2, 0.25) is 0 Å². The summed E-state index contributed by atoms with van der Waals surface area (Å²) >= 11 is 0. The first-order valence-corrected chi connectivity index (χ1v) is 6.85. The Morgan fingerprint density at radius 2 is 1.73 bits per heavy atom. The summed E-state index contributed by atoms with van der Waals surface area (Å²) in [4.78, 5) is 10.3. The van der Waals surface area contributed by atoms with E-state index in [0.717, 1.165) is 27.7 Å². The van der Waals surface area contributed by atoms with Gasteiger partial charge in [-0.15, -0.1) is 0 Å². The molecule has 0 bridgehead atoms. The van der Waals surface area contributed by atoms with Crippen molar-refractivity contribution >= 4 is 22.1 Å². The van der Waals surface area contributed by atoms with E-state index in [2.05, 4.69) is 11.2 Å². The van der Waals surface area contributed by atoms with Crippen LogP contribution in [0.3, 0.4) is 0 Å². The van der Waals surface area contributed by atoms with Gasteiger partial charge in [-0.2, -0.15) is 5.10 Å². The highest BCUT2D eigenvalue weighted by molar-refractivity contribution is 5.83. The van der Waals surface area contributed by atoms with Crippen molar-refractivity contribution < 1.29 is 4.92 Å². The van der Waals surface area contributed by atoms with Crippen molar-refractivity contribution in [2.45, 2.75) is 0 Å². The van der Waals surface area contributed by atoms with Crippen LogP contribution in [-0.2, 0) is 0 Å². The lowest BCUT2D eigenvalue weighted by Gasteiger charge is -2.00. The van der Waals surface area contributed by atoms with Gasteiger partial charge in [-0.05, 0) is 30.3 Å². The molecule has 0 amide bonds. The van der Waals surface area contributed by atoms with Crippen LogP contribution < -0.4 is 0 Å². The third-order valence-corrected chi connectivity index (χ3v) is 3.71. The Bertz CT molecular complexity index is 1000. The Labute approximate surface area is 125 Å². The van der Waals surface area contributed by atoms with Crippen molar-refractivity contribution in [2.75, 3.05) is 0 Å². The van der Waals surface area contributed by atoms with Crippen LogP contribution in [0.15, 0.2) is 66.7 Å². The van der Waals surface area contributed by atoms with E-state index >= 15 is 0 Å². The van der Waals surface area contributed by atoms with Crippen molar-refractivity contribution in [3.63, 3.8) is 0 Å². The number of rotatable bonds is 2. The Kier molecular flexibility index (Phi) is 2.66. The van der Waals surface area contributed by atoms with E-state index in [9.17, 15) is 10.1 Å². The van der Waals surface area contributed by atoms with E-state index in [-0.39, 0.29) is 5.69 Å². The predicted octanol–water partition coefficient (Wildman–Crippen LogP) is 4.06. The molecule has 0 aliphatic carbocycles. The fourth-order valence-corrected chi connectivity index (χ4v) is 2.60. The van der Waals surface area contributed by atoms with Crippen LogP contribution in [0.25, 0.3) is 27.7 Å². The largest absolute Gasteiger partial charge is 0.269 e. The van der Waals surface area contributed by atoms with Gasteiger partial charge in [0.05, 0.1) is 21.7 Å². The number of nitro groups is 1. The van der Waals surface area contributed by atoms with Gasteiger partial charge in [0.15, 0.2) is 0 Å². The lowest BCUT2D eigenvalue weighted by atomic mass is 10.1. The highest BCUT2D eigenvalue weighted by atomic mass is 16.6. The summed E-state index contributed by atoms with van der Waals surface area (Å²) in [7, 11) is 0. The number of benzene rings is 2. The zero-order valence-corrected chi connectivity index (χ0v) is 11.5. The summed E-state index contributed by atoms with van der Waals surface area (Å²) in [6.07, 6.45) is 0. The minimum absolute atomic E-state index is 0.0814. The molecule has 0 spiro atoms. The Morgan fingerprint density at radius 1 is 0.955 bits per heavy atom. The smallest absolute Gasteiger partial charge is 0.258 e. The van der Waals surface area contributed by atoms with Crippen LogP contribution in [0.5, 0.6) is 0 Å². The molecule has 2 heterocycles. The first-order valence-electron chi connectivity index (χ1n) is 6.85. The van der Waals surface area contributed by atoms with Gasteiger partial charge in [-0.3, -0.25) is 10.1 Å². The number of hydrogen-bond acceptors (Lipinski definition) is 3. The molecular weight excluding hydrogens is 278 g/mol. The first kappa shape index (κ1) is 12.5. The molecule has 4 aromatic rings. The lowest BCUT2D eigenvalue weighted by Crippen LogP contribution is -1.90. The maximum absolute atomic E-state index is 10.7. The summed E-state index contributed by atoms with van der Waals surface area (Å²) in [5.74, 6) is 0. The molecule has 0 aliphatic rings.